The van der Waals surface area contributed by atoms with Crippen molar-refractivity contribution in [1.29, 1.82) is 0 Å². The Morgan fingerprint density at radius 1 is 1.32 bits per heavy atom. The summed E-state index contributed by atoms with van der Waals surface area (Å²) in [6.45, 7) is 5.91. The van der Waals surface area contributed by atoms with Crippen molar-refractivity contribution in [3.8, 4) is 0 Å². The SMILES string of the molecule is CC(=O)O[C@@H](Cn1nc(C)cc1C)c1ccccc1. The predicted octanol–water partition coefficient (Wildman–Crippen LogP) is 2.80. The van der Waals surface area contributed by atoms with Crippen LogP contribution in [0.2, 0.25) is 0 Å². The lowest BCUT2D eigenvalue weighted by atomic mass is 10.1. The van der Waals surface area contributed by atoms with E-state index in [1.165, 1.54) is 6.92 Å². The standard InChI is InChI=1S/C15H18N2O2/c1-11-9-12(2)17(16-11)10-15(19-13(3)18)14-7-5-4-6-8-14/h4-9,15H,10H2,1-3H3/t15-/m0/s1. The maximum absolute atomic E-state index is 11.3. The molecule has 4 heteroatoms. The third-order valence-electron chi connectivity index (χ3n) is 2.92. The molecule has 2 rings (SSSR count). The van der Waals surface area contributed by atoms with Crippen molar-refractivity contribution in [3.05, 3.63) is 53.3 Å². The molecule has 0 saturated carbocycles. The minimum absolute atomic E-state index is 0.282. The third kappa shape index (κ3) is 3.44. The monoisotopic (exact) mass is 258 g/mol. The van der Waals surface area contributed by atoms with Gasteiger partial charge < -0.3 is 4.74 Å². The van der Waals surface area contributed by atoms with Gasteiger partial charge in [-0.15, -0.1) is 0 Å². The van der Waals surface area contributed by atoms with Crippen molar-refractivity contribution >= 4 is 5.97 Å². The lowest BCUT2D eigenvalue weighted by molar-refractivity contribution is -0.147. The minimum Gasteiger partial charge on any atom is -0.456 e. The van der Waals surface area contributed by atoms with Gasteiger partial charge >= 0.3 is 5.97 Å². The highest BCUT2D eigenvalue weighted by Gasteiger charge is 2.16. The zero-order valence-electron chi connectivity index (χ0n) is 11.5. The van der Waals surface area contributed by atoms with E-state index in [0.29, 0.717) is 6.54 Å². The van der Waals surface area contributed by atoms with Crippen LogP contribution in [-0.2, 0) is 16.1 Å². The van der Waals surface area contributed by atoms with E-state index in [-0.39, 0.29) is 12.1 Å². The van der Waals surface area contributed by atoms with Gasteiger partial charge in [-0.3, -0.25) is 9.48 Å². The van der Waals surface area contributed by atoms with Crippen LogP contribution in [0.5, 0.6) is 0 Å². The van der Waals surface area contributed by atoms with Crippen molar-refractivity contribution in [2.24, 2.45) is 0 Å². The normalized spacial score (nSPS) is 12.2. The van der Waals surface area contributed by atoms with Crippen LogP contribution in [0.1, 0.15) is 30.0 Å². The maximum Gasteiger partial charge on any atom is 0.303 e. The van der Waals surface area contributed by atoms with Gasteiger partial charge in [-0.2, -0.15) is 5.10 Å². The first-order chi connectivity index (χ1) is 9.06. The fraction of sp³-hybridized carbons (Fsp3) is 0.333. The molecule has 0 N–H and O–H groups in total. The number of nitrogens with zero attached hydrogens (tertiary/aromatic N) is 2. The number of hydrogen-bond donors (Lipinski definition) is 0. The largest absolute Gasteiger partial charge is 0.456 e. The molecule has 0 fully saturated rings. The number of aromatic nitrogens is 2. The van der Waals surface area contributed by atoms with Gasteiger partial charge in [0.25, 0.3) is 0 Å². The number of esters is 1. The molecule has 0 aliphatic carbocycles. The molecule has 4 nitrogen and oxygen atoms in total. The third-order valence-corrected chi connectivity index (χ3v) is 2.92. The quantitative estimate of drug-likeness (QED) is 0.792. The van der Waals surface area contributed by atoms with Crippen LogP contribution in [0.25, 0.3) is 0 Å². The van der Waals surface area contributed by atoms with Crippen LogP contribution >= 0.6 is 0 Å². The Hall–Kier alpha value is -2.10. The average molecular weight is 258 g/mol. The zero-order chi connectivity index (χ0) is 13.8. The zero-order valence-corrected chi connectivity index (χ0v) is 11.5. The molecule has 0 unspecified atom stereocenters. The van der Waals surface area contributed by atoms with Crippen LogP contribution in [0.4, 0.5) is 0 Å². The predicted molar refractivity (Wildman–Crippen MR) is 72.7 cm³/mol. The summed E-state index contributed by atoms with van der Waals surface area (Å²) >= 11 is 0. The summed E-state index contributed by atoms with van der Waals surface area (Å²) in [5, 5.41) is 4.41. The number of ether oxygens (including phenoxy) is 1. The van der Waals surface area contributed by atoms with Crippen LogP contribution in [0, 0.1) is 13.8 Å². The molecule has 0 amide bonds. The van der Waals surface area contributed by atoms with Gasteiger partial charge in [0.05, 0.1) is 12.2 Å². The van der Waals surface area contributed by atoms with E-state index in [9.17, 15) is 4.79 Å². The average Bonchev–Trinajstić information content (AvgIpc) is 2.67. The number of carbonyl (C=O) groups is 1. The molecule has 0 bridgehead atoms. The topological polar surface area (TPSA) is 44.1 Å². The second-order valence-electron chi connectivity index (χ2n) is 4.62. The van der Waals surface area contributed by atoms with Gasteiger partial charge in [-0.1, -0.05) is 30.3 Å². The second kappa shape index (κ2) is 5.69. The van der Waals surface area contributed by atoms with Crippen molar-refractivity contribution in [3.63, 3.8) is 0 Å². The number of hydrogen-bond acceptors (Lipinski definition) is 3. The van der Waals surface area contributed by atoms with E-state index in [1.54, 1.807) is 0 Å². The molecule has 100 valence electrons. The first kappa shape index (κ1) is 13.3. The molecule has 0 spiro atoms. The van der Waals surface area contributed by atoms with Gasteiger partial charge in [-0.05, 0) is 25.5 Å². The van der Waals surface area contributed by atoms with Crippen LogP contribution < -0.4 is 0 Å². The first-order valence-corrected chi connectivity index (χ1v) is 6.29. The smallest absolute Gasteiger partial charge is 0.303 e. The van der Waals surface area contributed by atoms with Crippen molar-refractivity contribution in [2.75, 3.05) is 0 Å². The van der Waals surface area contributed by atoms with Gasteiger partial charge in [0.1, 0.15) is 6.10 Å². The Bertz CT molecular complexity index is 561. The Morgan fingerprint density at radius 2 is 2.00 bits per heavy atom. The second-order valence-corrected chi connectivity index (χ2v) is 4.62. The van der Waals surface area contributed by atoms with Crippen LogP contribution in [0.3, 0.4) is 0 Å². The van der Waals surface area contributed by atoms with E-state index < -0.39 is 0 Å². The number of benzene rings is 1. The molecule has 0 saturated heterocycles. The van der Waals surface area contributed by atoms with Gasteiger partial charge in [-0.25, -0.2) is 0 Å². The van der Waals surface area contributed by atoms with E-state index >= 15 is 0 Å². The molecule has 19 heavy (non-hydrogen) atoms. The highest BCUT2D eigenvalue weighted by molar-refractivity contribution is 5.66. The van der Waals surface area contributed by atoms with E-state index in [4.69, 9.17) is 4.74 Å². The van der Waals surface area contributed by atoms with Crippen molar-refractivity contribution in [1.82, 2.24) is 9.78 Å². The Labute approximate surface area is 113 Å². The molecule has 1 aromatic heterocycles. The van der Waals surface area contributed by atoms with Crippen LogP contribution in [-0.4, -0.2) is 15.7 Å². The van der Waals surface area contributed by atoms with Gasteiger partial charge in [0, 0.05) is 12.6 Å². The molecule has 1 aromatic carbocycles. The highest BCUT2D eigenvalue weighted by atomic mass is 16.5. The molecule has 1 atom stereocenters. The number of aryl methyl sites for hydroxylation is 2. The molecule has 0 radical (unpaired) electrons. The first-order valence-electron chi connectivity index (χ1n) is 6.29. The Balaban J connectivity index is 2.24. The summed E-state index contributed by atoms with van der Waals surface area (Å²) in [6.07, 6.45) is -0.309. The highest BCUT2D eigenvalue weighted by Crippen LogP contribution is 2.20. The molecule has 2 aromatic rings. The summed E-state index contributed by atoms with van der Waals surface area (Å²) in [6, 6.07) is 11.7. The number of rotatable bonds is 4. The lowest BCUT2D eigenvalue weighted by Gasteiger charge is -2.18. The summed E-state index contributed by atoms with van der Waals surface area (Å²) < 4.78 is 7.28. The minimum atomic E-state index is -0.309. The van der Waals surface area contributed by atoms with Crippen molar-refractivity contribution < 1.29 is 9.53 Å². The summed E-state index contributed by atoms with van der Waals surface area (Å²) in [7, 11) is 0. The molecule has 0 aliphatic heterocycles. The fourth-order valence-electron chi connectivity index (χ4n) is 2.10. The molecular weight excluding hydrogens is 240 g/mol. The number of carbonyl (C=O) groups excluding carboxylic acids is 1. The van der Waals surface area contributed by atoms with Crippen LogP contribution in [0.15, 0.2) is 36.4 Å². The van der Waals surface area contributed by atoms with Gasteiger partial charge in [0.2, 0.25) is 0 Å². The summed E-state index contributed by atoms with van der Waals surface area (Å²) in [5.41, 5.74) is 3.00. The lowest BCUT2D eigenvalue weighted by Crippen LogP contribution is -2.17. The molecule has 1 heterocycles. The Kier molecular flexibility index (Phi) is 4.00. The fourth-order valence-corrected chi connectivity index (χ4v) is 2.10. The van der Waals surface area contributed by atoms with Crippen molar-refractivity contribution in [2.45, 2.75) is 33.4 Å². The molecule has 0 aliphatic rings. The van der Waals surface area contributed by atoms with E-state index in [1.807, 2.05) is 54.9 Å². The van der Waals surface area contributed by atoms with E-state index in [2.05, 4.69) is 5.10 Å². The summed E-state index contributed by atoms with van der Waals surface area (Å²) in [4.78, 5) is 11.3. The summed E-state index contributed by atoms with van der Waals surface area (Å²) in [5.74, 6) is -0.282. The van der Waals surface area contributed by atoms with Gasteiger partial charge in [0.15, 0.2) is 0 Å². The maximum atomic E-state index is 11.3. The van der Waals surface area contributed by atoms with E-state index in [0.717, 1.165) is 17.0 Å². The molecular formula is C15H18N2O2. The Morgan fingerprint density at radius 3 is 2.53 bits per heavy atom.